The average Bonchev–Trinajstić information content (AvgIpc) is 3.19. The molecule has 37 heavy (non-hydrogen) atoms. The summed E-state index contributed by atoms with van der Waals surface area (Å²) in [6, 6.07) is 36.2. The fourth-order valence-electron chi connectivity index (χ4n) is 5.61. The summed E-state index contributed by atoms with van der Waals surface area (Å²) in [7, 11) is 0. The largest absolute Gasteiger partial charge is 0.264 e. The fourth-order valence-corrected chi connectivity index (χ4v) is 5.61. The van der Waals surface area contributed by atoms with Gasteiger partial charge in [0.25, 0.3) is 0 Å². The van der Waals surface area contributed by atoms with Gasteiger partial charge in [0.2, 0.25) is 0 Å². The van der Waals surface area contributed by atoms with Crippen molar-refractivity contribution < 1.29 is 0 Å². The maximum atomic E-state index is 5.15. The van der Waals surface area contributed by atoms with Gasteiger partial charge in [-0.3, -0.25) is 4.98 Å². The van der Waals surface area contributed by atoms with Crippen molar-refractivity contribution in [2.24, 2.45) is 0 Å². The molecule has 4 aromatic carbocycles. The lowest BCUT2D eigenvalue weighted by atomic mass is 9.81. The van der Waals surface area contributed by atoms with Crippen molar-refractivity contribution >= 4 is 11.0 Å². The first-order valence-corrected chi connectivity index (χ1v) is 12.6. The number of hydrogen-bond acceptors (Lipinski definition) is 3. The van der Waals surface area contributed by atoms with Crippen LogP contribution < -0.4 is 0 Å². The third kappa shape index (κ3) is 3.47. The van der Waals surface area contributed by atoms with Gasteiger partial charge in [-0.1, -0.05) is 92.7 Å². The molecule has 2 heterocycles. The molecular formula is C34H25N3. The van der Waals surface area contributed by atoms with Crippen molar-refractivity contribution in [3.63, 3.8) is 0 Å². The van der Waals surface area contributed by atoms with Crippen LogP contribution in [0, 0.1) is 0 Å². The first-order chi connectivity index (χ1) is 18.1. The van der Waals surface area contributed by atoms with E-state index in [0.717, 1.165) is 44.7 Å². The smallest absolute Gasteiger partial charge is 0.0973 e. The Morgan fingerprint density at radius 3 is 1.86 bits per heavy atom. The zero-order valence-electron chi connectivity index (χ0n) is 20.8. The predicted octanol–water partition coefficient (Wildman–Crippen LogP) is 8.33. The van der Waals surface area contributed by atoms with Crippen molar-refractivity contribution in [1.29, 1.82) is 0 Å². The highest BCUT2D eigenvalue weighted by atomic mass is 14.8. The molecule has 2 aromatic heterocycles. The normalized spacial score (nSPS) is 13.4. The molecule has 0 radical (unpaired) electrons. The summed E-state index contributed by atoms with van der Waals surface area (Å²) in [6.45, 7) is 4.62. The zero-order chi connectivity index (χ0) is 25.0. The Morgan fingerprint density at radius 2 is 1.14 bits per heavy atom. The average molecular weight is 476 g/mol. The second-order valence-electron chi connectivity index (χ2n) is 10.2. The second kappa shape index (κ2) is 8.21. The number of para-hydroxylation sites is 2. The van der Waals surface area contributed by atoms with E-state index in [9.17, 15) is 0 Å². The predicted molar refractivity (Wildman–Crippen MR) is 151 cm³/mol. The minimum absolute atomic E-state index is 0.0717. The summed E-state index contributed by atoms with van der Waals surface area (Å²) < 4.78 is 0. The fraction of sp³-hybridized carbons (Fsp3) is 0.0882. The van der Waals surface area contributed by atoms with Crippen molar-refractivity contribution in [1.82, 2.24) is 15.0 Å². The number of fused-ring (bicyclic) bond motifs is 4. The Bertz CT molecular complexity index is 1780. The monoisotopic (exact) mass is 475 g/mol. The Kier molecular flexibility index (Phi) is 4.80. The van der Waals surface area contributed by atoms with E-state index >= 15 is 0 Å². The molecule has 0 bridgehead atoms. The molecule has 0 unspecified atom stereocenters. The number of benzene rings is 4. The number of hydrogen-bond donors (Lipinski definition) is 0. The molecule has 6 aromatic rings. The molecule has 176 valence electrons. The zero-order valence-corrected chi connectivity index (χ0v) is 20.8. The van der Waals surface area contributed by atoms with Gasteiger partial charge < -0.3 is 0 Å². The van der Waals surface area contributed by atoms with Crippen molar-refractivity contribution in [3.8, 4) is 44.8 Å². The van der Waals surface area contributed by atoms with Gasteiger partial charge in [0.15, 0.2) is 0 Å². The first-order valence-electron chi connectivity index (χ1n) is 12.6. The van der Waals surface area contributed by atoms with Crippen molar-refractivity contribution in [2.75, 3.05) is 0 Å². The number of aromatic nitrogens is 3. The lowest BCUT2D eigenvalue weighted by Crippen LogP contribution is -2.15. The highest BCUT2D eigenvalue weighted by Crippen LogP contribution is 2.49. The van der Waals surface area contributed by atoms with Gasteiger partial charge in [-0.05, 0) is 57.6 Å². The summed E-state index contributed by atoms with van der Waals surface area (Å²) in [5, 5.41) is 0. The molecule has 0 saturated heterocycles. The quantitative estimate of drug-likeness (QED) is 0.258. The SMILES string of the molecule is CC1(C)c2ccccc2-c2ccc(-c3nc4ccccc4nc3-c3ccc(-c4cccnc4)cc3)cc21. The minimum Gasteiger partial charge on any atom is -0.264 e. The van der Waals surface area contributed by atoms with Crippen LogP contribution in [0.1, 0.15) is 25.0 Å². The van der Waals surface area contributed by atoms with Gasteiger partial charge in [-0.2, -0.15) is 0 Å². The summed E-state index contributed by atoms with van der Waals surface area (Å²) in [6.07, 6.45) is 3.69. The summed E-state index contributed by atoms with van der Waals surface area (Å²) >= 11 is 0. The van der Waals surface area contributed by atoms with Crippen LogP contribution >= 0.6 is 0 Å². The Morgan fingerprint density at radius 1 is 0.514 bits per heavy atom. The van der Waals surface area contributed by atoms with Crippen LogP contribution in [0.2, 0.25) is 0 Å². The maximum Gasteiger partial charge on any atom is 0.0973 e. The van der Waals surface area contributed by atoms with Gasteiger partial charge in [-0.25, -0.2) is 9.97 Å². The van der Waals surface area contributed by atoms with Crippen LogP contribution in [0.4, 0.5) is 0 Å². The molecule has 0 N–H and O–H groups in total. The Labute approximate surface area is 216 Å². The third-order valence-corrected chi connectivity index (χ3v) is 7.58. The Balaban J connectivity index is 1.40. The number of nitrogens with zero attached hydrogens (tertiary/aromatic N) is 3. The third-order valence-electron chi connectivity index (χ3n) is 7.58. The van der Waals surface area contributed by atoms with Crippen LogP contribution in [0.15, 0.2) is 116 Å². The van der Waals surface area contributed by atoms with E-state index < -0.39 is 0 Å². The molecule has 1 aliphatic carbocycles. The molecule has 0 amide bonds. The van der Waals surface area contributed by atoms with Crippen molar-refractivity contribution in [3.05, 3.63) is 127 Å². The molecule has 0 atom stereocenters. The molecule has 0 spiro atoms. The van der Waals surface area contributed by atoms with E-state index in [4.69, 9.17) is 9.97 Å². The topological polar surface area (TPSA) is 38.7 Å². The van der Waals surface area contributed by atoms with E-state index in [0.29, 0.717) is 0 Å². The Hall–Kier alpha value is -4.63. The van der Waals surface area contributed by atoms with Gasteiger partial charge >= 0.3 is 0 Å². The highest BCUT2D eigenvalue weighted by molar-refractivity contribution is 5.89. The van der Waals surface area contributed by atoms with Crippen LogP contribution in [0.25, 0.3) is 55.8 Å². The number of pyridine rings is 1. The van der Waals surface area contributed by atoms with Crippen molar-refractivity contribution in [2.45, 2.75) is 19.3 Å². The summed E-state index contributed by atoms with van der Waals surface area (Å²) in [4.78, 5) is 14.5. The van der Waals surface area contributed by atoms with Crippen LogP contribution in [0.3, 0.4) is 0 Å². The summed E-state index contributed by atoms with van der Waals surface area (Å²) in [5.74, 6) is 0. The lowest BCUT2D eigenvalue weighted by Gasteiger charge is -2.22. The first kappa shape index (κ1) is 21.6. The minimum atomic E-state index is -0.0717. The molecule has 7 rings (SSSR count). The number of rotatable bonds is 3. The standard InChI is InChI=1S/C34H25N3/c1-34(2)28-10-4-3-9-26(28)27-18-17-24(20-29(27)34)33-32(36-30-11-5-6-12-31(30)37-33)23-15-13-22(14-16-23)25-8-7-19-35-21-25/h3-21H,1-2H3. The molecular weight excluding hydrogens is 450 g/mol. The molecule has 3 heteroatoms. The van der Waals surface area contributed by atoms with E-state index in [2.05, 4.69) is 91.6 Å². The van der Waals surface area contributed by atoms with E-state index in [1.54, 1.807) is 6.20 Å². The van der Waals surface area contributed by atoms with E-state index in [-0.39, 0.29) is 5.41 Å². The van der Waals surface area contributed by atoms with Gasteiger partial charge in [0, 0.05) is 28.9 Å². The molecule has 0 aliphatic heterocycles. The molecule has 3 nitrogen and oxygen atoms in total. The van der Waals surface area contributed by atoms with Crippen LogP contribution in [-0.2, 0) is 5.41 Å². The van der Waals surface area contributed by atoms with Gasteiger partial charge in [0.05, 0.1) is 22.4 Å². The molecule has 1 aliphatic rings. The van der Waals surface area contributed by atoms with Gasteiger partial charge in [-0.15, -0.1) is 0 Å². The molecule has 0 fully saturated rings. The lowest BCUT2D eigenvalue weighted by molar-refractivity contribution is 0.660. The van der Waals surface area contributed by atoms with E-state index in [1.165, 1.54) is 22.3 Å². The maximum absolute atomic E-state index is 5.15. The van der Waals surface area contributed by atoms with Gasteiger partial charge in [0.1, 0.15) is 0 Å². The van der Waals surface area contributed by atoms with Crippen LogP contribution in [-0.4, -0.2) is 15.0 Å². The second-order valence-corrected chi connectivity index (χ2v) is 10.2. The molecule has 0 saturated carbocycles. The van der Waals surface area contributed by atoms with E-state index in [1.807, 2.05) is 36.5 Å². The summed E-state index contributed by atoms with van der Waals surface area (Å²) in [5.41, 5.74) is 13.2. The highest BCUT2D eigenvalue weighted by Gasteiger charge is 2.35. The van der Waals surface area contributed by atoms with Crippen LogP contribution in [0.5, 0.6) is 0 Å².